The number of hydrogen-bond donors (Lipinski definition) is 2. The summed E-state index contributed by atoms with van der Waals surface area (Å²) in [5, 5.41) is 13.7. The van der Waals surface area contributed by atoms with Crippen molar-refractivity contribution in [2.75, 3.05) is 20.3 Å². The number of hydrogen-bond acceptors (Lipinski definition) is 6. The Balaban J connectivity index is 2.00. The highest BCUT2D eigenvalue weighted by molar-refractivity contribution is 6.11. The Morgan fingerprint density at radius 1 is 1.12 bits per heavy atom. The third kappa shape index (κ3) is 5.39. The predicted octanol–water partition coefficient (Wildman–Crippen LogP) is 3.61. The lowest BCUT2D eigenvalue weighted by atomic mass is 9.98. The lowest BCUT2D eigenvalue weighted by Crippen LogP contribution is -2.28. The molecular weight excluding hydrogens is 415 g/mol. The summed E-state index contributed by atoms with van der Waals surface area (Å²) in [6.07, 6.45) is 2.03. The van der Waals surface area contributed by atoms with Crippen molar-refractivity contribution in [1.82, 2.24) is 10.3 Å². The average molecular weight is 440 g/mol. The summed E-state index contributed by atoms with van der Waals surface area (Å²) >= 11 is 0. The monoisotopic (exact) mass is 440 g/mol. The van der Waals surface area contributed by atoms with Gasteiger partial charge in [0.05, 0.1) is 19.8 Å². The third-order valence-electron chi connectivity index (χ3n) is 4.81. The van der Waals surface area contributed by atoms with Gasteiger partial charge in [-0.1, -0.05) is 12.1 Å². The fourth-order valence-electron chi connectivity index (χ4n) is 3.26. The van der Waals surface area contributed by atoms with Crippen molar-refractivity contribution in [3.8, 4) is 5.75 Å². The maximum atomic E-state index is 13.2. The first-order chi connectivity index (χ1) is 15.3. The third-order valence-corrected chi connectivity index (χ3v) is 4.81. The molecular formula is C24H25FN2O5. The summed E-state index contributed by atoms with van der Waals surface area (Å²) in [5.74, 6) is -1.90. The maximum Gasteiger partial charge on any atom is 0.341 e. The molecule has 0 radical (unpaired) electrons. The number of phenols is 1. The molecule has 0 aliphatic carbocycles. The second-order valence-corrected chi connectivity index (χ2v) is 7.53. The van der Waals surface area contributed by atoms with Crippen LogP contribution in [-0.2, 0) is 15.9 Å². The largest absolute Gasteiger partial charge is 0.505 e. The Kier molecular flexibility index (Phi) is 7.37. The SMILES string of the molecule is COC(=O)c1cc(C(=O)NCCOC(C)C)c2cc(Cc3ccc(F)cc3)cnc2c1O. The van der Waals surface area contributed by atoms with E-state index in [1.54, 1.807) is 24.4 Å². The first-order valence-corrected chi connectivity index (χ1v) is 10.2. The summed E-state index contributed by atoms with van der Waals surface area (Å²) in [6.45, 7) is 4.39. The zero-order chi connectivity index (χ0) is 23.3. The number of carbonyl (C=O) groups is 2. The fourth-order valence-corrected chi connectivity index (χ4v) is 3.26. The molecule has 1 aromatic heterocycles. The van der Waals surface area contributed by atoms with Crippen LogP contribution >= 0.6 is 0 Å². The average Bonchev–Trinajstić information content (AvgIpc) is 2.77. The highest BCUT2D eigenvalue weighted by Gasteiger charge is 2.22. The number of pyridine rings is 1. The fraction of sp³-hybridized carbons (Fsp3) is 0.292. The molecule has 2 aromatic carbocycles. The number of methoxy groups -OCH3 is 1. The smallest absolute Gasteiger partial charge is 0.341 e. The highest BCUT2D eigenvalue weighted by Crippen LogP contribution is 2.32. The number of aromatic hydroxyl groups is 1. The van der Waals surface area contributed by atoms with Gasteiger partial charge in [0.25, 0.3) is 5.91 Å². The minimum Gasteiger partial charge on any atom is -0.505 e. The molecule has 3 aromatic rings. The molecule has 0 bridgehead atoms. The van der Waals surface area contributed by atoms with E-state index in [1.165, 1.54) is 25.3 Å². The zero-order valence-electron chi connectivity index (χ0n) is 18.1. The standard InChI is InChI=1S/C24H25FN2O5/c1-14(2)32-9-8-26-23(29)19-12-20(24(30)31-3)22(28)21-18(19)11-16(13-27-21)10-15-4-6-17(25)7-5-15/h4-7,11-14,28H,8-10H2,1-3H3,(H,26,29). The normalized spacial score (nSPS) is 11.0. The molecule has 8 heteroatoms. The molecule has 0 unspecified atom stereocenters. The van der Waals surface area contributed by atoms with Gasteiger partial charge in [0.1, 0.15) is 16.9 Å². The van der Waals surface area contributed by atoms with Crippen LogP contribution in [0.1, 0.15) is 45.7 Å². The quantitative estimate of drug-likeness (QED) is 0.410. The van der Waals surface area contributed by atoms with Gasteiger partial charge in [-0.25, -0.2) is 9.18 Å². The number of halogens is 1. The number of amides is 1. The molecule has 0 aliphatic rings. The number of nitrogens with one attached hydrogen (secondary N) is 1. The number of phenolic OH excluding ortho intramolecular Hbond substituents is 1. The van der Waals surface area contributed by atoms with E-state index in [1.807, 2.05) is 13.8 Å². The van der Waals surface area contributed by atoms with Gasteiger partial charge in [0.15, 0.2) is 5.75 Å². The minimum atomic E-state index is -0.779. The summed E-state index contributed by atoms with van der Waals surface area (Å²) in [5.41, 5.74) is 1.75. The Morgan fingerprint density at radius 3 is 2.50 bits per heavy atom. The second-order valence-electron chi connectivity index (χ2n) is 7.53. The molecule has 3 rings (SSSR count). The van der Waals surface area contributed by atoms with Gasteiger partial charge in [-0.05, 0) is 55.7 Å². The van der Waals surface area contributed by atoms with Crippen LogP contribution in [0.2, 0.25) is 0 Å². The van der Waals surface area contributed by atoms with E-state index in [9.17, 15) is 19.1 Å². The topological polar surface area (TPSA) is 97.8 Å². The molecule has 0 spiro atoms. The second kappa shape index (κ2) is 10.2. The van der Waals surface area contributed by atoms with Crippen LogP contribution in [0.4, 0.5) is 4.39 Å². The molecule has 7 nitrogen and oxygen atoms in total. The van der Waals surface area contributed by atoms with Crippen molar-refractivity contribution in [3.05, 3.63) is 70.7 Å². The van der Waals surface area contributed by atoms with E-state index in [0.717, 1.165) is 11.1 Å². The number of aromatic nitrogens is 1. The first kappa shape index (κ1) is 23.1. The van der Waals surface area contributed by atoms with Gasteiger partial charge in [0.2, 0.25) is 0 Å². The van der Waals surface area contributed by atoms with Crippen molar-refractivity contribution >= 4 is 22.8 Å². The number of benzene rings is 2. The van der Waals surface area contributed by atoms with Crippen molar-refractivity contribution in [2.24, 2.45) is 0 Å². The van der Waals surface area contributed by atoms with E-state index in [4.69, 9.17) is 9.47 Å². The summed E-state index contributed by atoms with van der Waals surface area (Å²) in [4.78, 5) is 29.3. The van der Waals surface area contributed by atoms with E-state index in [2.05, 4.69) is 10.3 Å². The molecule has 0 fully saturated rings. The molecule has 0 aliphatic heterocycles. The van der Waals surface area contributed by atoms with Gasteiger partial charge in [-0.2, -0.15) is 0 Å². The van der Waals surface area contributed by atoms with Gasteiger partial charge >= 0.3 is 5.97 Å². The van der Waals surface area contributed by atoms with E-state index < -0.39 is 11.9 Å². The Morgan fingerprint density at radius 2 is 1.84 bits per heavy atom. The zero-order valence-corrected chi connectivity index (χ0v) is 18.1. The van der Waals surface area contributed by atoms with Gasteiger partial charge < -0.3 is 19.9 Å². The molecule has 1 amide bonds. The van der Waals surface area contributed by atoms with Gasteiger partial charge in [-0.15, -0.1) is 0 Å². The summed E-state index contributed by atoms with van der Waals surface area (Å²) in [6, 6.07) is 9.10. The van der Waals surface area contributed by atoms with Crippen LogP contribution in [0.15, 0.2) is 42.6 Å². The first-order valence-electron chi connectivity index (χ1n) is 10.2. The van der Waals surface area contributed by atoms with Crippen LogP contribution < -0.4 is 5.32 Å². The highest BCUT2D eigenvalue weighted by atomic mass is 19.1. The summed E-state index contributed by atoms with van der Waals surface area (Å²) in [7, 11) is 1.19. The van der Waals surface area contributed by atoms with Crippen LogP contribution in [0.5, 0.6) is 5.75 Å². The maximum absolute atomic E-state index is 13.2. The molecule has 0 atom stereocenters. The Bertz CT molecular complexity index is 1130. The number of carbonyl (C=O) groups excluding carboxylic acids is 2. The minimum absolute atomic E-state index is 0.0329. The number of fused-ring (bicyclic) bond motifs is 1. The van der Waals surface area contributed by atoms with E-state index in [-0.39, 0.29) is 40.9 Å². The van der Waals surface area contributed by atoms with Crippen LogP contribution in [-0.4, -0.2) is 48.3 Å². The molecule has 2 N–H and O–H groups in total. The van der Waals surface area contributed by atoms with Gasteiger partial charge in [-0.3, -0.25) is 9.78 Å². The van der Waals surface area contributed by atoms with Crippen LogP contribution in [0.25, 0.3) is 10.9 Å². The van der Waals surface area contributed by atoms with Crippen molar-refractivity contribution in [3.63, 3.8) is 0 Å². The number of esters is 1. The lowest BCUT2D eigenvalue weighted by molar-refractivity contribution is 0.0597. The molecule has 32 heavy (non-hydrogen) atoms. The van der Waals surface area contributed by atoms with Crippen LogP contribution in [0, 0.1) is 5.82 Å². The molecule has 1 heterocycles. The van der Waals surface area contributed by atoms with E-state index in [0.29, 0.717) is 18.4 Å². The van der Waals surface area contributed by atoms with Gasteiger partial charge in [0, 0.05) is 23.7 Å². The molecule has 168 valence electrons. The Hall–Kier alpha value is -3.52. The number of ether oxygens (including phenoxy) is 2. The van der Waals surface area contributed by atoms with Crippen LogP contribution in [0.3, 0.4) is 0 Å². The van der Waals surface area contributed by atoms with Crippen molar-refractivity contribution in [1.29, 1.82) is 0 Å². The van der Waals surface area contributed by atoms with Crippen molar-refractivity contribution < 1.29 is 28.6 Å². The van der Waals surface area contributed by atoms with Crippen molar-refractivity contribution in [2.45, 2.75) is 26.4 Å². The summed E-state index contributed by atoms with van der Waals surface area (Å²) < 4.78 is 23.4. The number of nitrogens with zero attached hydrogens (tertiary/aromatic N) is 1. The Labute approximate surface area is 185 Å². The predicted molar refractivity (Wildman–Crippen MR) is 117 cm³/mol. The lowest BCUT2D eigenvalue weighted by Gasteiger charge is -2.14. The molecule has 0 saturated carbocycles. The number of rotatable bonds is 8. The van der Waals surface area contributed by atoms with E-state index >= 15 is 0 Å². The molecule has 0 saturated heterocycles.